The maximum Gasteiger partial charge on any atom is 0.387 e. The number of aromatic nitrogens is 2. The Balaban J connectivity index is 2.53. The molecule has 4 nitrogen and oxygen atoms in total. The number of para-hydroxylation sites is 1. The van der Waals surface area contributed by atoms with Crippen molar-refractivity contribution in [1.29, 1.82) is 0 Å². The summed E-state index contributed by atoms with van der Waals surface area (Å²) in [5, 5.41) is 4.21. The zero-order valence-electron chi connectivity index (χ0n) is 10.0. The summed E-state index contributed by atoms with van der Waals surface area (Å²) in [7, 11) is 1.70. The average Bonchev–Trinajstić information content (AvgIpc) is 2.57. The molecule has 2 aromatic rings. The second-order valence-corrected chi connectivity index (χ2v) is 3.86. The summed E-state index contributed by atoms with van der Waals surface area (Å²) in [6.45, 7) is -1.08. The van der Waals surface area contributed by atoms with Gasteiger partial charge in [-0.15, -0.1) is 0 Å². The number of alkyl halides is 2. The summed E-state index contributed by atoms with van der Waals surface area (Å²) in [5.41, 5.74) is 7.59. The number of nitrogen functional groups attached to an aromatic ring is 1. The van der Waals surface area contributed by atoms with Crippen molar-refractivity contribution in [2.75, 3.05) is 5.73 Å². The topological polar surface area (TPSA) is 53.1 Å². The fraction of sp³-hybridized carbons (Fsp3) is 0.250. The zero-order valence-corrected chi connectivity index (χ0v) is 10.0. The highest BCUT2D eigenvalue weighted by atomic mass is 19.3. The van der Waals surface area contributed by atoms with Crippen LogP contribution < -0.4 is 10.5 Å². The number of benzene rings is 1. The SMILES string of the molecule is Cc1c(-c2ccccc2OC(F)F)nn(C)c1N. The zero-order chi connectivity index (χ0) is 13.3. The van der Waals surface area contributed by atoms with Crippen LogP contribution in [0.4, 0.5) is 14.6 Å². The molecule has 18 heavy (non-hydrogen) atoms. The first kappa shape index (κ1) is 12.3. The van der Waals surface area contributed by atoms with E-state index >= 15 is 0 Å². The Hall–Kier alpha value is -2.11. The first-order valence-corrected chi connectivity index (χ1v) is 5.34. The quantitative estimate of drug-likeness (QED) is 0.914. The Morgan fingerprint density at radius 3 is 2.56 bits per heavy atom. The van der Waals surface area contributed by atoms with Gasteiger partial charge in [-0.25, -0.2) is 0 Å². The Morgan fingerprint density at radius 2 is 2.00 bits per heavy atom. The number of aryl methyl sites for hydroxylation is 1. The van der Waals surface area contributed by atoms with Crippen molar-refractivity contribution in [2.24, 2.45) is 7.05 Å². The molecule has 0 saturated carbocycles. The van der Waals surface area contributed by atoms with E-state index in [9.17, 15) is 8.78 Å². The number of ether oxygens (including phenoxy) is 1. The van der Waals surface area contributed by atoms with E-state index in [1.165, 1.54) is 10.7 Å². The largest absolute Gasteiger partial charge is 0.434 e. The lowest BCUT2D eigenvalue weighted by Crippen LogP contribution is -2.03. The van der Waals surface area contributed by atoms with Crippen LogP contribution in [0.1, 0.15) is 5.56 Å². The average molecular weight is 253 g/mol. The predicted molar refractivity (Wildman–Crippen MR) is 64.4 cm³/mol. The number of hydrogen-bond donors (Lipinski definition) is 1. The second-order valence-electron chi connectivity index (χ2n) is 3.86. The van der Waals surface area contributed by atoms with Gasteiger partial charge in [0, 0.05) is 18.2 Å². The molecule has 1 heterocycles. The molecule has 0 fully saturated rings. The van der Waals surface area contributed by atoms with Crippen molar-refractivity contribution in [2.45, 2.75) is 13.5 Å². The standard InChI is InChI=1S/C12H13F2N3O/c1-7-10(16-17(2)11(7)15)8-5-3-4-6-9(8)18-12(13)14/h3-6,12H,15H2,1-2H3. The lowest BCUT2D eigenvalue weighted by molar-refractivity contribution is -0.0494. The van der Waals surface area contributed by atoms with Crippen molar-refractivity contribution in [1.82, 2.24) is 9.78 Å². The van der Waals surface area contributed by atoms with Crippen LogP contribution in [-0.4, -0.2) is 16.4 Å². The molecule has 0 aliphatic heterocycles. The predicted octanol–water partition coefficient (Wildman–Crippen LogP) is 2.58. The van der Waals surface area contributed by atoms with Crippen LogP contribution in [0, 0.1) is 6.92 Å². The van der Waals surface area contributed by atoms with Gasteiger partial charge < -0.3 is 10.5 Å². The van der Waals surface area contributed by atoms with E-state index in [-0.39, 0.29) is 5.75 Å². The first-order chi connectivity index (χ1) is 8.50. The van der Waals surface area contributed by atoms with Crippen LogP contribution in [0.2, 0.25) is 0 Å². The number of nitrogens with two attached hydrogens (primary N) is 1. The molecule has 0 amide bonds. The molecule has 0 saturated heterocycles. The van der Waals surface area contributed by atoms with Gasteiger partial charge in [0.1, 0.15) is 17.3 Å². The molecule has 0 atom stereocenters. The van der Waals surface area contributed by atoms with Crippen molar-refractivity contribution >= 4 is 5.82 Å². The minimum atomic E-state index is -2.87. The maximum atomic E-state index is 12.3. The molecule has 0 aliphatic rings. The second kappa shape index (κ2) is 4.64. The van der Waals surface area contributed by atoms with E-state index in [1.807, 2.05) is 0 Å². The molecule has 0 spiro atoms. The van der Waals surface area contributed by atoms with E-state index in [0.29, 0.717) is 17.1 Å². The normalized spacial score (nSPS) is 10.9. The van der Waals surface area contributed by atoms with Gasteiger partial charge in [-0.2, -0.15) is 13.9 Å². The van der Waals surface area contributed by atoms with E-state index in [0.717, 1.165) is 5.56 Å². The Morgan fingerprint density at radius 1 is 1.33 bits per heavy atom. The molecule has 0 unspecified atom stereocenters. The highest BCUT2D eigenvalue weighted by molar-refractivity contribution is 5.73. The van der Waals surface area contributed by atoms with Crippen LogP contribution in [0.15, 0.2) is 24.3 Å². The molecule has 0 bridgehead atoms. The van der Waals surface area contributed by atoms with Gasteiger partial charge in [0.15, 0.2) is 0 Å². The molecule has 2 N–H and O–H groups in total. The molecular formula is C12H13F2N3O. The smallest absolute Gasteiger partial charge is 0.387 e. The van der Waals surface area contributed by atoms with E-state index < -0.39 is 6.61 Å². The fourth-order valence-corrected chi connectivity index (χ4v) is 1.76. The molecule has 1 aromatic heterocycles. The van der Waals surface area contributed by atoms with E-state index in [1.54, 1.807) is 32.2 Å². The van der Waals surface area contributed by atoms with Crippen molar-refractivity contribution in [3.05, 3.63) is 29.8 Å². The molecule has 6 heteroatoms. The summed E-state index contributed by atoms with van der Waals surface area (Å²) >= 11 is 0. The van der Waals surface area contributed by atoms with Gasteiger partial charge in [-0.3, -0.25) is 4.68 Å². The lowest BCUT2D eigenvalue weighted by Gasteiger charge is -2.09. The molecule has 96 valence electrons. The number of nitrogens with zero attached hydrogens (tertiary/aromatic N) is 2. The van der Waals surface area contributed by atoms with Gasteiger partial charge in [-0.1, -0.05) is 12.1 Å². The van der Waals surface area contributed by atoms with Crippen LogP contribution in [0.5, 0.6) is 5.75 Å². The van der Waals surface area contributed by atoms with Gasteiger partial charge in [-0.05, 0) is 19.1 Å². The minimum Gasteiger partial charge on any atom is -0.434 e. The molecule has 0 radical (unpaired) electrons. The maximum absolute atomic E-state index is 12.3. The third kappa shape index (κ3) is 2.13. The lowest BCUT2D eigenvalue weighted by atomic mass is 10.1. The van der Waals surface area contributed by atoms with Crippen LogP contribution in [0.3, 0.4) is 0 Å². The molecule has 0 aliphatic carbocycles. The molecule has 2 rings (SSSR count). The van der Waals surface area contributed by atoms with Crippen molar-refractivity contribution in [3.8, 4) is 17.0 Å². The van der Waals surface area contributed by atoms with E-state index in [4.69, 9.17) is 5.73 Å². The van der Waals surface area contributed by atoms with Gasteiger partial charge in [0.2, 0.25) is 0 Å². The number of rotatable bonds is 3. The van der Waals surface area contributed by atoms with Crippen LogP contribution in [0.25, 0.3) is 11.3 Å². The third-order valence-electron chi connectivity index (χ3n) is 2.70. The monoisotopic (exact) mass is 253 g/mol. The number of hydrogen-bond acceptors (Lipinski definition) is 3. The highest BCUT2D eigenvalue weighted by Gasteiger charge is 2.17. The van der Waals surface area contributed by atoms with Crippen molar-refractivity contribution < 1.29 is 13.5 Å². The molecular weight excluding hydrogens is 240 g/mol. The third-order valence-corrected chi connectivity index (χ3v) is 2.70. The van der Waals surface area contributed by atoms with Crippen LogP contribution >= 0.6 is 0 Å². The highest BCUT2D eigenvalue weighted by Crippen LogP contribution is 2.33. The fourth-order valence-electron chi connectivity index (χ4n) is 1.76. The Labute approximate surface area is 103 Å². The van der Waals surface area contributed by atoms with Gasteiger partial charge >= 0.3 is 6.61 Å². The first-order valence-electron chi connectivity index (χ1n) is 5.34. The van der Waals surface area contributed by atoms with Crippen molar-refractivity contribution in [3.63, 3.8) is 0 Å². The van der Waals surface area contributed by atoms with Gasteiger partial charge in [0.05, 0.1) is 0 Å². The van der Waals surface area contributed by atoms with Gasteiger partial charge in [0.25, 0.3) is 0 Å². The Kier molecular flexibility index (Phi) is 3.18. The molecule has 1 aromatic carbocycles. The van der Waals surface area contributed by atoms with Crippen LogP contribution in [-0.2, 0) is 7.05 Å². The number of anilines is 1. The summed E-state index contributed by atoms with van der Waals surface area (Å²) in [6.07, 6.45) is 0. The summed E-state index contributed by atoms with van der Waals surface area (Å²) < 4.78 is 30.6. The van der Waals surface area contributed by atoms with E-state index in [2.05, 4.69) is 9.84 Å². The summed E-state index contributed by atoms with van der Waals surface area (Å²) in [5.74, 6) is 0.588. The summed E-state index contributed by atoms with van der Waals surface area (Å²) in [6, 6.07) is 6.51. The minimum absolute atomic E-state index is 0.0914. The summed E-state index contributed by atoms with van der Waals surface area (Å²) in [4.78, 5) is 0. The Bertz CT molecular complexity index is 566. The number of halogens is 2.